The number of rotatable bonds is 50. The van der Waals surface area contributed by atoms with Crippen LogP contribution >= 0.6 is 0 Å². The van der Waals surface area contributed by atoms with Crippen LogP contribution in [-0.2, 0) is 28.9 Å². The third kappa shape index (κ3) is 38.8. The molecule has 12 nitrogen and oxygen atoms in total. The summed E-state index contributed by atoms with van der Waals surface area (Å²) in [5.41, 5.74) is 0. The summed E-state index contributed by atoms with van der Waals surface area (Å²) in [6.45, 7) is 3.43. The average molecular weight is 1000 g/mol. The highest BCUT2D eigenvalue weighted by atomic mass is 32.3. The topological polar surface area (TPSA) is 192 Å². The van der Waals surface area contributed by atoms with E-state index in [9.17, 15) is 38.2 Å². The van der Waals surface area contributed by atoms with Crippen molar-refractivity contribution < 1.29 is 51.8 Å². The van der Waals surface area contributed by atoms with Crippen LogP contribution in [0.5, 0.6) is 0 Å². The summed E-state index contributed by atoms with van der Waals surface area (Å²) < 4.78 is 47.8. The number of aliphatic hydroxyl groups excluding tert-OH is 4. The van der Waals surface area contributed by atoms with Crippen molar-refractivity contribution in [2.24, 2.45) is 0 Å². The van der Waals surface area contributed by atoms with Crippen LogP contribution in [0.2, 0.25) is 0 Å². The molecule has 0 radical (unpaired) electrons. The Bertz CT molecular complexity index is 1320. The second-order valence-electron chi connectivity index (χ2n) is 20.2. The maximum Gasteiger partial charge on any atom is 0.397 e. The van der Waals surface area contributed by atoms with Gasteiger partial charge in [-0.25, -0.2) is 4.18 Å². The minimum Gasteiger partial charge on any atom is -0.394 e. The number of carbonyl (C=O) groups excluding carboxylic acids is 1. The van der Waals surface area contributed by atoms with E-state index in [1.165, 1.54) is 199 Å². The van der Waals surface area contributed by atoms with Crippen molar-refractivity contribution in [2.45, 2.75) is 314 Å². The maximum absolute atomic E-state index is 13.1. The van der Waals surface area contributed by atoms with Crippen LogP contribution in [0.25, 0.3) is 0 Å². The lowest BCUT2D eigenvalue weighted by atomic mass is 9.99. The summed E-state index contributed by atoms with van der Waals surface area (Å²) >= 11 is 0. The van der Waals surface area contributed by atoms with Crippen molar-refractivity contribution in [1.29, 1.82) is 0 Å². The SMILES string of the molecule is CCCCCCCCCCCCCC/C=C\CCCCCCCCCCC(=O)NC(COC1OC(CO)C(O)C(OS(=O)(=O)O)C1O)C(O)/C=C/CCCCCCCCCCCCCCCCCC. The Kier molecular flexibility index (Phi) is 44.1. The van der Waals surface area contributed by atoms with Gasteiger partial charge < -0.3 is 35.2 Å². The molecule has 1 amide bonds. The number of amides is 1. The van der Waals surface area contributed by atoms with E-state index in [-0.39, 0.29) is 18.9 Å². The number of carbonyl (C=O) groups is 1. The molecule has 0 saturated carbocycles. The van der Waals surface area contributed by atoms with Gasteiger partial charge in [-0.15, -0.1) is 0 Å². The molecule has 0 spiro atoms. The Hall–Kier alpha value is -1.42. The summed E-state index contributed by atoms with van der Waals surface area (Å²) in [5.74, 6) is -0.262. The molecule has 1 aliphatic rings. The zero-order chi connectivity index (χ0) is 50.5. The summed E-state index contributed by atoms with van der Waals surface area (Å²) in [4.78, 5) is 13.1. The molecule has 1 aliphatic heterocycles. The third-order valence-electron chi connectivity index (χ3n) is 13.7. The molecule has 69 heavy (non-hydrogen) atoms. The van der Waals surface area contributed by atoms with E-state index in [1.807, 2.05) is 6.08 Å². The first-order valence-corrected chi connectivity index (χ1v) is 30.1. The fraction of sp³-hybridized carbons (Fsp3) is 0.911. The fourth-order valence-corrected chi connectivity index (χ4v) is 9.78. The molecular formula is C56H107NO11S. The lowest BCUT2D eigenvalue weighted by Gasteiger charge is -2.41. The first-order chi connectivity index (χ1) is 33.5. The first kappa shape index (κ1) is 65.6. The van der Waals surface area contributed by atoms with Gasteiger partial charge in [-0.3, -0.25) is 9.35 Å². The van der Waals surface area contributed by atoms with E-state index in [0.29, 0.717) is 6.42 Å². The number of aliphatic hydroxyl groups is 4. The van der Waals surface area contributed by atoms with Crippen LogP contribution in [0.15, 0.2) is 24.3 Å². The van der Waals surface area contributed by atoms with Crippen molar-refractivity contribution in [2.75, 3.05) is 13.2 Å². The van der Waals surface area contributed by atoms with Crippen LogP contribution in [0, 0.1) is 0 Å². The fourth-order valence-electron chi connectivity index (χ4n) is 9.28. The van der Waals surface area contributed by atoms with Gasteiger partial charge in [0.1, 0.15) is 24.4 Å². The van der Waals surface area contributed by atoms with Gasteiger partial charge in [0.2, 0.25) is 5.91 Å². The van der Waals surface area contributed by atoms with E-state index >= 15 is 0 Å². The molecule has 1 fully saturated rings. The first-order valence-electron chi connectivity index (χ1n) is 28.7. The average Bonchev–Trinajstić information content (AvgIpc) is 3.32. The van der Waals surface area contributed by atoms with Crippen LogP contribution in [0.3, 0.4) is 0 Å². The van der Waals surface area contributed by atoms with Gasteiger partial charge in [-0.1, -0.05) is 244 Å². The molecule has 1 rings (SSSR count). The smallest absolute Gasteiger partial charge is 0.394 e. The standard InChI is InChI=1S/C56H107NO11S/c1-3-5-7-9-11-13-15-17-19-21-23-24-25-26-27-28-30-32-34-36-38-40-42-44-46-52(60)57-49(48-66-56-54(62)55(68-69(63,64)65)53(61)51(47-58)67-56)50(59)45-43-41-39-37-35-33-31-29-22-20-18-16-14-12-10-8-6-4-2/h26-27,43,45,49-51,53-56,58-59,61-62H,3-25,28-42,44,46-48H2,1-2H3,(H,57,60)(H,63,64,65)/b27-26-,45-43+. The van der Waals surface area contributed by atoms with E-state index in [4.69, 9.17) is 9.47 Å². The minimum atomic E-state index is -5.09. The number of hydrogen-bond donors (Lipinski definition) is 6. The molecule has 7 atom stereocenters. The summed E-state index contributed by atoms with van der Waals surface area (Å²) in [5, 5.41) is 44.9. The number of unbranched alkanes of at least 4 members (excludes halogenated alkanes) is 36. The van der Waals surface area contributed by atoms with Crippen molar-refractivity contribution in [3.63, 3.8) is 0 Å². The zero-order valence-electron chi connectivity index (χ0n) is 44.1. The molecule has 1 heterocycles. The molecule has 0 aromatic heterocycles. The van der Waals surface area contributed by atoms with Gasteiger partial charge in [0.05, 0.1) is 25.4 Å². The molecule has 1 saturated heterocycles. The molecule has 0 aliphatic carbocycles. The maximum atomic E-state index is 13.1. The van der Waals surface area contributed by atoms with Crippen LogP contribution in [0.4, 0.5) is 0 Å². The van der Waals surface area contributed by atoms with Crippen LogP contribution in [-0.4, -0.2) is 95.4 Å². The summed E-state index contributed by atoms with van der Waals surface area (Å²) in [6.07, 6.45) is 47.9. The Morgan fingerprint density at radius 1 is 0.565 bits per heavy atom. The number of ether oxygens (including phenoxy) is 2. The van der Waals surface area contributed by atoms with E-state index in [0.717, 1.165) is 44.9 Å². The van der Waals surface area contributed by atoms with Gasteiger partial charge >= 0.3 is 10.4 Å². The number of hydrogen-bond acceptors (Lipinski definition) is 10. The normalized spacial score (nSPS) is 19.8. The molecule has 408 valence electrons. The van der Waals surface area contributed by atoms with Gasteiger partial charge in [0, 0.05) is 6.42 Å². The number of nitrogens with one attached hydrogen (secondary N) is 1. The lowest BCUT2D eigenvalue weighted by Crippen LogP contribution is -2.61. The van der Waals surface area contributed by atoms with E-state index in [1.54, 1.807) is 6.08 Å². The lowest BCUT2D eigenvalue weighted by molar-refractivity contribution is -0.298. The summed E-state index contributed by atoms with van der Waals surface area (Å²) in [7, 11) is -5.09. The van der Waals surface area contributed by atoms with Crippen LogP contribution in [0.1, 0.15) is 271 Å². The van der Waals surface area contributed by atoms with Crippen molar-refractivity contribution in [1.82, 2.24) is 5.32 Å². The minimum absolute atomic E-state index is 0.262. The molecular weight excluding hydrogens is 895 g/mol. The van der Waals surface area contributed by atoms with E-state index < -0.39 is 59.9 Å². The Balaban J connectivity index is 2.38. The summed E-state index contributed by atoms with van der Waals surface area (Å²) in [6, 6.07) is -0.945. The third-order valence-corrected chi connectivity index (χ3v) is 14.2. The van der Waals surface area contributed by atoms with Crippen molar-refractivity contribution in [3.05, 3.63) is 24.3 Å². The van der Waals surface area contributed by atoms with Gasteiger partial charge in [-0.05, 0) is 44.9 Å². The predicted octanol–water partition coefficient (Wildman–Crippen LogP) is 13.2. The van der Waals surface area contributed by atoms with E-state index in [2.05, 4.69) is 35.5 Å². The highest BCUT2D eigenvalue weighted by Crippen LogP contribution is 2.26. The largest absolute Gasteiger partial charge is 0.397 e. The molecule has 13 heteroatoms. The Morgan fingerprint density at radius 3 is 1.30 bits per heavy atom. The van der Waals surface area contributed by atoms with Crippen molar-refractivity contribution in [3.8, 4) is 0 Å². The molecule has 7 unspecified atom stereocenters. The van der Waals surface area contributed by atoms with Gasteiger partial charge in [0.15, 0.2) is 6.29 Å². The Labute approximate surface area is 422 Å². The van der Waals surface area contributed by atoms with Crippen molar-refractivity contribution >= 4 is 16.3 Å². The molecule has 0 bridgehead atoms. The monoisotopic (exact) mass is 1000 g/mol. The van der Waals surface area contributed by atoms with Gasteiger partial charge in [-0.2, -0.15) is 8.42 Å². The molecule has 6 N–H and O–H groups in total. The second-order valence-corrected chi connectivity index (χ2v) is 21.3. The number of allylic oxidation sites excluding steroid dienone is 3. The highest BCUT2D eigenvalue weighted by molar-refractivity contribution is 7.80. The second kappa shape index (κ2) is 46.4. The predicted molar refractivity (Wildman–Crippen MR) is 282 cm³/mol. The molecule has 0 aromatic carbocycles. The quantitative estimate of drug-likeness (QED) is 0.0193. The van der Waals surface area contributed by atoms with Crippen LogP contribution < -0.4 is 5.32 Å². The highest BCUT2D eigenvalue weighted by Gasteiger charge is 2.48. The molecule has 0 aromatic rings. The zero-order valence-corrected chi connectivity index (χ0v) is 45.0. The van der Waals surface area contributed by atoms with Gasteiger partial charge in [0.25, 0.3) is 0 Å². The Morgan fingerprint density at radius 2 is 0.928 bits per heavy atom.